The zero-order valence-corrected chi connectivity index (χ0v) is 22.1. The van der Waals surface area contributed by atoms with Crippen molar-refractivity contribution in [2.45, 2.75) is 95.8 Å². The van der Waals surface area contributed by atoms with Gasteiger partial charge in [-0.1, -0.05) is 35.2 Å². The van der Waals surface area contributed by atoms with Crippen LogP contribution in [0.4, 0.5) is 0 Å². The van der Waals surface area contributed by atoms with Crippen LogP contribution < -0.4 is 11.1 Å². The largest absolute Gasteiger partial charge is 0.353 e. The van der Waals surface area contributed by atoms with Crippen molar-refractivity contribution in [2.24, 2.45) is 17.6 Å². The van der Waals surface area contributed by atoms with E-state index in [4.69, 9.17) is 5.73 Å². The highest BCUT2D eigenvalue weighted by molar-refractivity contribution is 9.10. The number of nitrogens with one attached hydrogen (secondary N) is 1. The zero-order valence-electron chi connectivity index (χ0n) is 20.5. The minimum atomic E-state index is 0.161. The summed E-state index contributed by atoms with van der Waals surface area (Å²) in [5.74, 6) is 1.25. The molecule has 1 aromatic carbocycles. The number of fused-ring (bicyclic) bond motifs is 1. The van der Waals surface area contributed by atoms with E-state index in [1.54, 1.807) is 0 Å². The Balaban J connectivity index is 1.19. The first kappa shape index (κ1) is 24.3. The number of amides is 1. The van der Waals surface area contributed by atoms with Crippen molar-refractivity contribution in [3.63, 3.8) is 0 Å². The predicted molar refractivity (Wildman–Crippen MR) is 143 cm³/mol. The molecule has 3 aliphatic rings. The van der Waals surface area contributed by atoms with Crippen molar-refractivity contribution in [1.82, 2.24) is 14.8 Å². The van der Waals surface area contributed by atoms with Gasteiger partial charge in [0.05, 0.1) is 0 Å². The molecule has 0 spiro atoms. The quantitative estimate of drug-likeness (QED) is 0.514. The van der Waals surface area contributed by atoms with E-state index < -0.39 is 0 Å². The highest BCUT2D eigenvalue weighted by Gasteiger charge is 2.28. The van der Waals surface area contributed by atoms with Gasteiger partial charge in [0.15, 0.2) is 0 Å². The Bertz CT molecular complexity index is 966. The lowest BCUT2D eigenvalue weighted by molar-refractivity contribution is -0.127. The number of carbonyl (C=O) groups is 1. The van der Waals surface area contributed by atoms with E-state index in [0.29, 0.717) is 12.1 Å². The molecule has 3 fully saturated rings. The molecule has 2 heterocycles. The normalized spacial score (nSPS) is 25.6. The van der Waals surface area contributed by atoms with Crippen molar-refractivity contribution in [3.8, 4) is 0 Å². The Kier molecular flexibility index (Phi) is 7.97. The van der Waals surface area contributed by atoms with Gasteiger partial charge in [-0.3, -0.25) is 9.69 Å². The number of piperidine rings is 1. The maximum absolute atomic E-state index is 12.8. The average molecular weight is 530 g/mol. The average Bonchev–Trinajstić information content (AvgIpc) is 3.17. The molecule has 1 saturated heterocycles. The molecule has 0 bridgehead atoms. The molecule has 34 heavy (non-hydrogen) atoms. The first-order valence-corrected chi connectivity index (χ1v) is 14.4. The molecule has 5 nitrogen and oxygen atoms in total. The van der Waals surface area contributed by atoms with Gasteiger partial charge in [0.25, 0.3) is 0 Å². The van der Waals surface area contributed by atoms with Crippen molar-refractivity contribution in [3.05, 3.63) is 34.4 Å². The highest BCUT2D eigenvalue weighted by atomic mass is 79.9. The van der Waals surface area contributed by atoms with Crippen LogP contribution in [0.15, 0.2) is 28.9 Å². The van der Waals surface area contributed by atoms with E-state index in [9.17, 15) is 4.79 Å². The van der Waals surface area contributed by atoms with Crippen LogP contribution in [0.5, 0.6) is 0 Å². The van der Waals surface area contributed by atoms with Gasteiger partial charge in [0.2, 0.25) is 5.91 Å². The predicted octanol–water partition coefficient (Wildman–Crippen LogP) is 5.58. The number of nitrogens with two attached hydrogens (primary N) is 1. The number of halogens is 1. The molecular weight excluding hydrogens is 488 g/mol. The third-order valence-corrected chi connectivity index (χ3v) is 9.07. The number of likely N-dealkylation sites (tertiary alicyclic amines) is 1. The Morgan fingerprint density at radius 1 is 1.00 bits per heavy atom. The van der Waals surface area contributed by atoms with Crippen LogP contribution in [0.1, 0.15) is 76.2 Å². The second kappa shape index (κ2) is 11.1. The second-order valence-electron chi connectivity index (χ2n) is 11.1. The Hall–Kier alpha value is -1.37. The van der Waals surface area contributed by atoms with Gasteiger partial charge in [-0.25, -0.2) is 0 Å². The van der Waals surface area contributed by atoms with Crippen LogP contribution in [-0.2, 0) is 17.9 Å². The lowest BCUT2D eigenvalue weighted by Crippen LogP contribution is -2.45. The Labute approximate surface area is 212 Å². The van der Waals surface area contributed by atoms with E-state index in [2.05, 4.69) is 55.1 Å². The van der Waals surface area contributed by atoms with Crippen molar-refractivity contribution < 1.29 is 4.79 Å². The minimum Gasteiger partial charge on any atom is -0.353 e. The van der Waals surface area contributed by atoms with Gasteiger partial charge in [0, 0.05) is 52.7 Å². The smallest absolute Gasteiger partial charge is 0.223 e. The number of hydrogen-bond acceptors (Lipinski definition) is 3. The lowest BCUT2D eigenvalue weighted by atomic mass is 9.89. The van der Waals surface area contributed by atoms with Gasteiger partial charge in [-0.05, 0) is 94.1 Å². The first-order chi connectivity index (χ1) is 16.5. The summed E-state index contributed by atoms with van der Waals surface area (Å²) in [7, 11) is 0. The molecule has 1 aliphatic heterocycles. The summed E-state index contributed by atoms with van der Waals surface area (Å²) in [4.78, 5) is 15.4. The van der Waals surface area contributed by atoms with Gasteiger partial charge in [-0.2, -0.15) is 0 Å². The number of benzene rings is 1. The molecule has 0 unspecified atom stereocenters. The van der Waals surface area contributed by atoms with Gasteiger partial charge in [-0.15, -0.1) is 0 Å². The number of carbonyl (C=O) groups excluding carboxylic acids is 1. The molecule has 2 saturated carbocycles. The first-order valence-electron chi connectivity index (χ1n) is 13.6. The van der Waals surface area contributed by atoms with Crippen molar-refractivity contribution in [1.29, 1.82) is 0 Å². The summed E-state index contributed by atoms with van der Waals surface area (Å²) in [6.45, 7) is 4.11. The van der Waals surface area contributed by atoms with E-state index in [-0.39, 0.29) is 11.8 Å². The maximum atomic E-state index is 12.8. The molecular formula is C28H41BrN4O. The molecule has 0 radical (unpaired) electrons. The third-order valence-electron chi connectivity index (χ3n) is 8.58. The topological polar surface area (TPSA) is 63.3 Å². The summed E-state index contributed by atoms with van der Waals surface area (Å²) in [6, 6.07) is 7.40. The number of hydrogen-bond donors (Lipinski definition) is 2. The fourth-order valence-electron chi connectivity index (χ4n) is 6.44. The monoisotopic (exact) mass is 528 g/mol. The summed E-state index contributed by atoms with van der Waals surface area (Å²) in [6.07, 6.45) is 15.4. The summed E-state index contributed by atoms with van der Waals surface area (Å²) in [5.41, 5.74) is 8.81. The molecule has 0 atom stereocenters. The lowest BCUT2D eigenvalue weighted by Gasteiger charge is -2.33. The van der Waals surface area contributed by atoms with Crippen LogP contribution in [0.3, 0.4) is 0 Å². The summed E-state index contributed by atoms with van der Waals surface area (Å²) in [5, 5.41) is 4.70. The zero-order chi connectivity index (χ0) is 23.5. The van der Waals surface area contributed by atoms with E-state index >= 15 is 0 Å². The molecule has 2 aliphatic carbocycles. The summed E-state index contributed by atoms with van der Waals surface area (Å²) >= 11 is 3.69. The van der Waals surface area contributed by atoms with Crippen LogP contribution in [0.2, 0.25) is 0 Å². The van der Waals surface area contributed by atoms with Gasteiger partial charge < -0.3 is 15.6 Å². The fourth-order valence-corrected chi connectivity index (χ4v) is 6.81. The SMILES string of the molecule is NC1CCC(NC(=O)C2CCN(Cc3cn(CC4CCCCC4)c4ccc(Br)cc34)CC2)CC1. The fraction of sp³-hybridized carbons (Fsp3) is 0.679. The van der Waals surface area contributed by atoms with Crippen LogP contribution in [0, 0.1) is 11.8 Å². The van der Waals surface area contributed by atoms with E-state index in [0.717, 1.165) is 75.1 Å². The van der Waals surface area contributed by atoms with E-state index in [1.807, 2.05) is 0 Å². The second-order valence-corrected chi connectivity index (χ2v) is 12.1. The number of nitrogens with zero attached hydrogens (tertiary/aromatic N) is 2. The standard InChI is InChI=1S/C28H41BrN4O/c29-23-6-11-27-26(16-23)22(19-33(27)17-20-4-2-1-3-5-20)18-32-14-12-21(13-15-32)28(34)31-25-9-7-24(30)8-10-25/h6,11,16,19-21,24-25H,1-5,7-10,12-15,17-18,30H2,(H,31,34). The molecule has 1 amide bonds. The van der Waals surface area contributed by atoms with Gasteiger partial charge >= 0.3 is 0 Å². The van der Waals surface area contributed by atoms with E-state index in [1.165, 1.54) is 48.6 Å². The molecule has 1 aromatic heterocycles. The number of aromatic nitrogens is 1. The Morgan fingerprint density at radius 2 is 1.74 bits per heavy atom. The van der Waals surface area contributed by atoms with Crippen LogP contribution in [0.25, 0.3) is 10.9 Å². The molecule has 2 aromatic rings. The highest BCUT2D eigenvalue weighted by Crippen LogP contribution is 2.31. The van der Waals surface area contributed by atoms with Crippen LogP contribution in [-0.4, -0.2) is 40.5 Å². The van der Waals surface area contributed by atoms with Crippen molar-refractivity contribution in [2.75, 3.05) is 13.1 Å². The minimum absolute atomic E-state index is 0.161. The molecule has 6 heteroatoms. The van der Waals surface area contributed by atoms with Crippen LogP contribution >= 0.6 is 15.9 Å². The van der Waals surface area contributed by atoms with Crippen molar-refractivity contribution >= 4 is 32.7 Å². The molecule has 3 N–H and O–H groups in total. The third kappa shape index (κ3) is 5.88. The maximum Gasteiger partial charge on any atom is 0.223 e. The molecule has 5 rings (SSSR count). The number of rotatable bonds is 6. The summed E-state index contributed by atoms with van der Waals surface area (Å²) < 4.78 is 3.67. The molecule has 186 valence electrons. The van der Waals surface area contributed by atoms with Gasteiger partial charge in [0.1, 0.15) is 0 Å². The Morgan fingerprint density at radius 3 is 2.47 bits per heavy atom.